The molecule has 0 aromatic heterocycles. The summed E-state index contributed by atoms with van der Waals surface area (Å²) in [7, 11) is -2.40. The third-order valence-corrected chi connectivity index (χ3v) is 5.48. The van der Waals surface area contributed by atoms with Crippen LogP contribution in [-0.4, -0.2) is 28.1 Å². The molecule has 4 heteroatoms. The minimum absolute atomic E-state index is 0.173. The topological polar surface area (TPSA) is 27.7 Å². The molecule has 0 saturated carbocycles. The van der Waals surface area contributed by atoms with Gasteiger partial charge in [0.1, 0.15) is 0 Å². The fourth-order valence-corrected chi connectivity index (χ4v) is 4.61. The first-order valence-corrected chi connectivity index (χ1v) is 8.49. The average Bonchev–Trinajstić information content (AvgIpc) is 2.17. The van der Waals surface area contributed by atoms with Gasteiger partial charge >= 0.3 is 8.80 Å². The summed E-state index contributed by atoms with van der Waals surface area (Å²) < 4.78 is 17.6. The van der Waals surface area contributed by atoms with Gasteiger partial charge in [-0.05, 0) is 34.1 Å². The summed E-state index contributed by atoms with van der Waals surface area (Å²) in [5.41, 5.74) is 0. The van der Waals surface area contributed by atoms with Crippen molar-refractivity contribution in [1.29, 1.82) is 0 Å². The predicted octanol–water partition coefficient (Wildman–Crippen LogP) is 3.61. The third-order valence-electron chi connectivity index (χ3n) is 2.23. The van der Waals surface area contributed by atoms with E-state index in [0.29, 0.717) is 13.2 Å². The highest BCUT2D eigenvalue weighted by Gasteiger charge is 2.40. The van der Waals surface area contributed by atoms with E-state index in [0.717, 1.165) is 12.5 Å². The van der Waals surface area contributed by atoms with Crippen LogP contribution in [0.25, 0.3) is 0 Å². The minimum atomic E-state index is -2.40. The Hall–Kier alpha value is 0.0969. The lowest BCUT2D eigenvalue weighted by molar-refractivity contribution is 0.0437. The van der Waals surface area contributed by atoms with Crippen molar-refractivity contribution in [2.45, 2.75) is 66.0 Å². The van der Waals surface area contributed by atoms with Crippen molar-refractivity contribution in [2.75, 3.05) is 13.2 Å². The zero-order valence-electron chi connectivity index (χ0n) is 11.5. The van der Waals surface area contributed by atoms with Gasteiger partial charge in [0.05, 0.1) is 0 Å². The maximum absolute atomic E-state index is 5.96. The van der Waals surface area contributed by atoms with Crippen molar-refractivity contribution in [2.24, 2.45) is 0 Å². The molecular weight excluding hydrogens is 220 g/mol. The number of unbranched alkanes of at least 4 members (excludes halogenated alkanes) is 2. The molecule has 0 atom stereocenters. The van der Waals surface area contributed by atoms with Gasteiger partial charge in [0.15, 0.2) is 0 Å². The molecule has 0 saturated heterocycles. The normalized spacial score (nSPS) is 12.4. The minimum Gasteiger partial charge on any atom is -0.374 e. The Morgan fingerprint density at radius 2 is 1.50 bits per heavy atom. The highest BCUT2D eigenvalue weighted by atomic mass is 28.4. The summed E-state index contributed by atoms with van der Waals surface area (Å²) in [5.74, 6) is 0. The molecule has 0 fully saturated rings. The van der Waals surface area contributed by atoms with Gasteiger partial charge in [0.2, 0.25) is 0 Å². The Kier molecular flexibility index (Phi) is 9.22. The largest absolute Gasteiger partial charge is 0.501 e. The molecule has 0 amide bonds. The number of hydrogen-bond acceptors (Lipinski definition) is 3. The van der Waals surface area contributed by atoms with Crippen molar-refractivity contribution in [3.63, 3.8) is 0 Å². The van der Waals surface area contributed by atoms with Crippen molar-refractivity contribution in [3.05, 3.63) is 0 Å². The van der Waals surface area contributed by atoms with E-state index in [1.807, 2.05) is 27.7 Å². The molecule has 0 aliphatic heterocycles. The quantitative estimate of drug-likeness (QED) is 0.436. The van der Waals surface area contributed by atoms with Gasteiger partial charge in [-0.15, -0.1) is 0 Å². The standard InChI is InChI=1S/C12H28O3Si/c1-6-9-10-11-16(13-7-2,14-8-3)15-12(4)5/h12H,6-11H2,1-5H3. The first-order chi connectivity index (χ1) is 7.60. The van der Waals surface area contributed by atoms with Gasteiger partial charge in [-0.1, -0.05) is 19.8 Å². The number of rotatable bonds is 10. The Balaban J connectivity index is 4.37. The fraction of sp³-hybridized carbons (Fsp3) is 1.00. The Bertz CT molecular complexity index is 156. The maximum Gasteiger partial charge on any atom is 0.501 e. The lowest BCUT2D eigenvalue weighted by Gasteiger charge is -2.30. The van der Waals surface area contributed by atoms with Gasteiger partial charge in [-0.3, -0.25) is 0 Å². The smallest absolute Gasteiger partial charge is 0.374 e. The highest BCUT2D eigenvalue weighted by Crippen LogP contribution is 2.21. The van der Waals surface area contributed by atoms with Gasteiger partial charge in [-0.25, -0.2) is 0 Å². The fourth-order valence-electron chi connectivity index (χ4n) is 1.70. The SMILES string of the molecule is CCCCC[Si](OCC)(OCC)OC(C)C. The van der Waals surface area contributed by atoms with Crippen molar-refractivity contribution in [1.82, 2.24) is 0 Å². The van der Waals surface area contributed by atoms with Crippen LogP contribution in [0, 0.1) is 0 Å². The van der Waals surface area contributed by atoms with Crippen molar-refractivity contribution in [3.8, 4) is 0 Å². The summed E-state index contributed by atoms with van der Waals surface area (Å²) in [4.78, 5) is 0. The lowest BCUT2D eigenvalue weighted by atomic mass is 10.3. The first kappa shape index (κ1) is 16.1. The molecule has 0 heterocycles. The average molecular weight is 248 g/mol. The van der Waals surface area contributed by atoms with Gasteiger partial charge in [0.25, 0.3) is 0 Å². The monoisotopic (exact) mass is 248 g/mol. The van der Waals surface area contributed by atoms with E-state index in [2.05, 4.69) is 6.92 Å². The molecule has 0 aromatic carbocycles. The van der Waals surface area contributed by atoms with E-state index in [1.54, 1.807) is 0 Å². The van der Waals surface area contributed by atoms with Gasteiger partial charge < -0.3 is 13.3 Å². The molecule has 3 nitrogen and oxygen atoms in total. The van der Waals surface area contributed by atoms with Crippen LogP contribution in [-0.2, 0) is 13.3 Å². The van der Waals surface area contributed by atoms with Gasteiger partial charge in [-0.2, -0.15) is 0 Å². The van der Waals surface area contributed by atoms with Crippen LogP contribution in [0.4, 0.5) is 0 Å². The van der Waals surface area contributed by atoms with E-state index in [1.165, 1.54) is 12.8 Å². The van der Waals surface area contributed by atoms with Crippen LogP contribution in [0.2, 0.25) is 6.04 Å². The van der Waals surface area contributed by atoms with Crippen LogP contribution in [0.1, 0.15) is 53.9 Å². The van der Waals surface area contributed by atoms with Crippen LogP contribution in [0.5, 0.6) is 0 Å². The molecule has 16 heavy (non-hydrogen) atoms. The molecule has 0 aromatic rings. The Labute approximate surface area is 102 Å². The van der Waals surface area contributed by atoms with E-state index in [-0.39, 0.29) is 6.10 Å². The zero-order valence-corrected chi connectivity index (χ0v) is 12.5. The molecule has 0 unspecified atom stereocenters. The Morgan fingerprint density at radius 1 is 0.938 bits per heavy atom. The number of hydrogen-bond donors (Lipinski definition) is 0. The maximum atomic E-state index is 5.96. The molecule has 0 rings (SSSR count). The van der Waals surface area contributed by atoms with Crippen LogP contribution < -0.4 is 0 Å². The van der Waals surface area contributed by atoms with Gasteiger partial charge in [0, 0.05) is 25.4 Å². The molecule has 98 valence electrons. The molecule has 0 N–H and O–H groups in total. The predicted molar refractivity (Wildman–Crippen MR) is 69.6 cm³/mol. The zero-order chi connectivity index (χ0) is 12.4. The second-order valence-electron chi connectivity index (χ2n) is 4.17. The van der Waals surface area contributed by atoms with Crippen LogP contribution >= 0.6 is 0 Å². The van der Waals surface area contributed by atoms with E-state index in [4.69, 9.17) is 13.3 Å². The summed E-state index contributed by atoms with van der Waals surface area (Å²) in [6.45, 7) is 11.6. The summed E-state index contributed by atoms with van der Waals surface area (Å²) in [5, 5.41) is 0. The Morgan fingerprint density at radius 3 is 1.88 bits per heavy atom. The van der Waals surface area contributed by atoms with E-state index in [9.17, 15) is 0 Å². The lowest BCUT2D eigenvalue weighted by Crippen LogP contribution is -2.47. The summed E-state index contributed by atoms with van der Waals surface area (Å²) >= 11 is 0. The third kappa shape index (κ3) is 6.63. The molecule has 0 bridgehead atoms. The molecule has 0 aliphatic rings. The van der Waals surface area contributed by atoms with Crippen LogP contribution in [0.3, 0.4) is 0 Å². The molecular formula is C12H28O3Si. The van der Waals surface area contributed by atoms with Crippen LogP contribution in [0.15, 0.2) is 0 Å². The van der Waals surface area contributed by atoms with E-state index < -0.39 is 8.80 Å². The highest BCUT2D eigenvalue weighted by molar-refractivity contribution is 6.60. The second-order valence-corrected chi connectivity index (χ2v) is 6.85. The van der Waals surface area contributed by atoms with E-state index >= 15 is 0 Å². The van der Waals surface area contributed by atoms with Crippen molar-refractivity contribution >= 4 is 8.80 Å². The molecule has 0 spiro atoms. The summed E-state index contributed by atoms with van der Waals surface area (Å²) in [6, 6.07) is 0.945. The first-order valence-electron chi connectivity index (χ1n) is 6.55. The summed E-state index contributed by atoms with van der Waals surface area (Å²) in [6.07, 6.45) is 3.74. The second kappa shape index (κ2) is 9.16. The molecule has 0 radical (unpaired) electrons. The molecule has 0 aliphatic carbocycles. The van der Waals surface area contributed by atoms with Crippen molar-refractivity contribution < 1.29 is 13.3 Å².